The Hall–Kier alpha value is -3.94. The highest BCUT2D eigenvalue weighted by Gasteiger charge is 2.20. The van der Waals surface area contributed by atoms with Crippen LogP contribution in [0.3, 0.4) is 0 Å². The normalized spacial score (nSPS) is 11.4. The number of benzene rings is 2. The lowest BCUT2D eigenvalue weighted by atomic mass is 10.0. The first-order chi connectivity index (χ1) is 14.0. The first-order valence-electron chi connectivity index (χ1n) is 8.79. The molecule has 0 bridgehead atoms. The van der Waals surface area contributed by atoms with Crippen molar-refractivity contribution in [1.29, 1.82) is 0 Å². The van der Waals surface area contributed by atoms with Gasteiger partial charge in [-0.15, -0.1) is 0 Å². The van der Waals surface area contributed by atoms with Crippen molar-refractivity contribution >= 4 is 21.9 Å². The van der Waals surface area contributed by atoms with Gasteiger partial charge in [-0.1, -0.05) is 0 Å². The number of hydrogen-bond donors (Lipinski definition) is 2. The van der Waals surface area contributed by atoms with Gasteiger partial charge in [-0.2, -0.15) is 0 Å². The van der Waals surface area contributed by atoms with Crippen LogP contribution in [0.1, 0.15) is 0 Å². The molecule has 29 heavy (non-hydrogen) atoms. The Morgan fingerprint density at radius 2 is 1.90 bits per heavy atom. The molecule has 0 saturated heterocycles. The van der Waals surface area contributed by atoms with Crippen LogP contribution in [-0.4, -0.2) is 19.5 Å². The molecule has 0 aliphatic carbocycles. The van der Waals surface area contributed by atoms with Crippen LogP contribution in [0.4, 0.5) is 8.78 Å². The molecule has 0 unspecified atom stereocenters. The number of H-pyrrole nitrogens is 2. The second-order valence-corrected chi connectivity index (χ2v) is 6.64. The zero-order chi connectivity index (χ0) is 20.1. The Bertz CT molecular complexity index is 1450. The van der Waals surface area contributed by atoms with Gasteiger partial charge in [0, 0.05) is 36.5 Å². The van der Waals surface area contributed by atoms with Crippen LogP contribution in [0.15, 0.2) is 59.9 Å². The van der Waals surface area contributed by atoms with E-state index in [2.05, 4.69) is 15.0 Å². The summed E-state index contributed by atoms with van der Waals surface area (Å²) in [5.41, 5.74) is 2.91. The van der Waals surface area contributed by atoms with Crippen molar-refractivity contribution in [2.75, 3.05) is 0 Å². The van der Waals surface area contributed by atoms with Crippen molar-refractivity contribution in [3.63, 3.8) is 0 Å². The number of fused-ring (bicyclic) bond motifs is 2. The van der Waals surface area contributed by atoms with E-state index in [-0.39, 0.29) is 11.3 Å². The smallest absolute Gasteiger partial charge is 0.274 e. The van der Waals surface area contributed by atoms with E-state index in [1.54, 1.807) is 44.0 Å². The molecule has 0 atom stereocenters. The number of nitrogens with one attached hydrogen (secondary N) is 2. The predicted octanol–water partition coefficient (Wildman–Crippen LogP) is 4.48. The summed E-state index contributed by atoms with van der Waals surface area (Å²) in [5, 5.41) is 0.688. The summed E-state index contributed by atoms with van der Waals surface area (Å²) < 4.78 is 34.8. The molecular weight excluding hydrogens is 378 g/mol. The van der Waals surface area contributed by atoms with Crippen LogP contribution < -0.4 is 10.3 Å². The van der Waals surface area contributed by atoms with E-state index in [0.717, 1.165) is 17.6 Å². The molecule has 5 rings (SSSR count). The molecule has 2 N–H and O–H groups in total. The Morgan fingerprint density at radius 1 is 1.07 bits per heavy atom. The molecule has 0 amide bonds. The van der Waals surface area contributed by atoms with Crippen molar-refractivity contribution < 1.29 is 13.5 Å². The Kier molecular flexibility index (Phi) is 3.73. The van der Waals surface area contributed by atoms with Crippen LogP contribution in [-0.2, 0) is 7.05 Å². The molecule has 144 valence electrons. The molecule has 0 saturated carbocycles. The number of imidazole rings is 1. The van der Waals surface area contributed by atoms with E-state index in [4.69, 9.17) is 4.74 Å². The lowest BCUT2D eigenvalue weighted by Crippen LogP contribution is -2.16. The number of aromatic nitrogens is 4. The van der Waals surface area contributed by atoms with Crippen LogP contribution >= 0.6 is 0 Å². The van der Waals surface area contributed by atoms with Crippen LogP contribution in [0.25, 0.3) is 33.1 Å². The fraction of sp³-hybridized carbons (Fsp3) is 0.0476. The number of ether oxygens (including phenoxy) is 1. The second kappa shape index (κ2) is 6.30. The Labute approximate surface area is 162 Å². The summed E-state index contributed by atoms with van der Waals surface area (Å²) in [4.78, 5) is 22.8. The lowest BCUT2D eigenvalue weighted by Gasteiger charge is -2.14. The molecule has 3 aromatic heterocycles. The van der Waals surface area contributed by atoms with E-state index in [9.17, 15) is 13.6 Å². The number of pyridine rings is 1. The van der Waals surface area contributed by atoms with Crippen LogP contribution in [0.2, 0.25) is 0 Å². The van der Waals surface area contributed by atoms with Crippen LogP contribution in [0.5, 0.6) is 11.5 Å². The summed E-state index contributed by atoms with van der Waals surface area (Å²) in [6.07, 6.45) is 4.92. The largest absolute Gasteiger partial charge is 0.454 e. The minimum atomic E-state index is -0.815. The van der Waals surface area contributed by atoms with Crippen molar-refractivity contribution in [2.45, 2.75) is 0 Å². The van der Waals surface area contributed by atoms with Gasteiger partial charge in [-0.3, -0.25) is 4.79 Å². The average molecular weight is 392 g/mol. The van der Waals surface area contributed by atoms with E-state index >= 15 is 0 Å². The monoisotopic (exact) mass is 392 g/mol. The molecule has 8 heteroatoms. The van der Waals surface area contributed by atoms with Gasteiger partial charge >= 0.3 is 0 Å². The van der Waals surface area contributed by atoms with Gasteiger partial charge in [-0.25, -0.2) is 13.8 Å². The van der Waals surface area contributed by atoms with Gasteiger partial charge in [0.25, 0.3) is 5.56 Å². The maximum atomic E-state index is 14.2. The van der Waals surface area contributed by atoms with Crippen LogP contribution in [0, 0.1) is 11.6 Å². The summed E-state index contributed by atoms with van der Waals surface area (Å²) in [5.74, 6) is -1.29. The quantitative estimate of drug-likeness (QED) is 0.475. The van der Waals surface area contributed by atoms with Gasteiger partial charge in [0.2, 0.25) is 0 Å². The minimum absolute atomic E-state index is 0.113. The third kappa shape index (κ3) is 2.68. The summed E-state index contributed by atoms with van der Waals surface area (Å²) in [6, 6.07) is 8.36. The Morgan fingerprint density at radius 3 is 2.72 bits per heavy atom. The van der Waals surface area contributed by atoms with E-state index in [1.165, 1.54) is 10.6 Å². The fourth-order valence-electron chi connectivity index (χ4n) is 3.48. The fourth-order valence-corrected chi connectivity index (χ4v) is 3.48. The van der Waals surface area contributed by atoms with Gasteiger partial charge < -0.3 is 19.3 Å². The van der Waals surface area contributed by atoms with Crippen molar-refractivity contribution in [1.82, 2.24) is 19.5 Å². The maximum Gasteiger partial charge on any atom is 0.274 e. The van der Waals surface area contributed by atoms with Gasteiger partial charge in [-0.05, 0) is 30.3 Å². The molecule has 2 aromatic carbocycles. The highest BCUT2D eigenvalue weighted by molar-refractivity contribution is 6.04. The molecule has 0 fully saturated rings. The van der Waals surface area contributed by atoms with E-state index in [0.29, 0.717) is 33.3 Å². The molecular formula is C21H14F2N4O2. The minimum Gasteiger partial charge on any atom is -0.454 e. The standard InChI is InChI=1S/C21H14F2N4O2/c1-27-9-13(12-6-7-24-19(12)21(27)28)18-17(5-3-15-20(18)26-10-25-15)29-16-4-2-11(22)8-14(16)23/h2-10,24H,1H3,(H,25,26). The first kappa shape index (κ1) is 17.2. The zero-order valence-corrected chi connectivity index (χ0v) is 15.2. The molecule has 6 nitrogen and oxygen atoms in total. The topological polar surface area (TPSA) is 75.7 Å². The van der Waals surface area contributed by atoms with Crippen molar-refractivity contribution in [2.24, 2.45) is 7.05 Å². The Balaban J connectivity index is 1.81. The summed E-state index contributed by atoms with van der Waals surface area (Å²) in [7, 11) is 1.65. The number of rotatable bonds is 3. The van der Waals surface area contributed by atoms with Gasteiger partial charge in [0.1, 0.15) is 17.1 Å². The highest BCUT2D eigenvalue weighted by Crippen LogP contribution is 2.40. The second-order valence-electron chi connectivity index (χ2n) is 6.64. The number of nitrogens with zero attached hydrogens (tertiary/aromatic N) is 2. The molecule has 5 aromatic rings. The third-order valence-corrected chi connectivity index (χ3v) is 4.83. The summed E-state index contributed by atoms with van der Waals surface area (Å²) >= 11 is 0. The number of hydrogen-bond acceptors (Lipinski definition) is 3. The number of halogens is 2. The number of aryl methyl sites for hydroxylation is 1. The maximum absolute atomic E-state index is 14.2. The summed E-state index contributed by atoms with van der Waals surface area (Å²) in [6.45, 7) is 0. The lowest BCUT2D eigenvalue weighted by molar-refractivity contribution is 0.439. The van der Waals surface area contributed by atoms with E-state index < -0.39 is 11.6 Å². The zero-order valence-electron chi connectivity index (χ0n) is 15.2. The molecule has 0 aliphatic heterocycles. The van der Waals surface area contributed by atoms with Gasteiger partial charge in [0.15, 0.2) is 11.6 Å². The molecule has 0 aliphatic rings. The SMILES string of the molecule is Cn1cc(-c2c(Oc3ccc(F)cc3F)ccc3[nH]cnc23)c2cc[nH]c2c1=O. The molecule has 3 heterocycles. The third-order valence-electron chi connectivity index (χ3n) is 4.83. The molecule has 0 spiro atoms. The average Bonchev–Trinajstić information content (AvgIpc) is 3.36. The first-order valence-corrected chi connectivity index (χ1v) is 8.79. The van der Waals surface area contributed by atoms with Crippen molar-refractivity contribution in [3.05, 3.63) is 77.1 Å². The highest BCUT2D eigenvalue weighted by atomic mass is 19.1. The van der Waals surface area contributed by atoms with Crippen molar-refractivity contribution in [3.8, 4) is 22.6 Å². The van der Waals surface area contributed by atoms with E-state index in [1.807, 2.05) is 0 Å². The van der Waals surface area contributed by atoms with Gasteiger partial charge in [0.05, 0.1) is 22.9 Å². The number of aromatic amines is 2. The molecule has 0 radical (unpaired) electrons. The predicted molar refractivity (Wildman–Crippen MR) is 105 cm³/mol.